The molecule has 4 aliphatic rings. The number of aromatic nitrogens is 3. The molecule has 0 radical (unpaired) electrons. The molecule has 3 saturated heterocycles. The number of benzene rings is 2. The van der Waals surface area contributed by atoms with Gasteiger partial charge in [-0.05, 0) is 103 Å². The molecule has 1 saturated carbocycles. The van der Waals surface area contributed by atoms with E-state index in [0.717, 1.165) is 108 Å². The van der Waals surface area contributed by atoms with Crippen LogP contribution in [0.5, 0.6) is 11.5 Å². The van der Waals surface area contributed by atoms with Gasteiger partial charge < -0.3 is 24.7 Å². The molecule has 0 bridgehead atoms. The topological polar surface area (TPSA) is 185 Å². The molecule has 3 N–H and O–H groups in total. The fourth-order valence-electron chi connectivity index (χ4n) is 10.5. The third-order valence-electron chi connectivity index (χ3n) is 14.5. The van der Waals surface area contributed by atoms with E-state index in [1.807, 2.05) is 12.1 Å². The monoisotopic (exact) mass is 904 g/mol. The molecule has 16 heteroatoms. The SMILES string of the molecule is CC(C)c1ccccc1[C@@H]1COCCC1N1CC2(CCN(c3ccc(C(=O)NS(=O)(=O)c4cnc(NCC5CCC(C)(C)CC5)c([N+](=O)[O-])c4)c(Oc4cnc5[nH]ccc5c4)c3)CC2)C1. The number of carbonyl (C=O) groups excluding carboxylic acids is 1. The molecular formula is C49H60N8O7S. The van der Waals surface area contributed by atoms with Crippen molar-refractivity contribution >= 4 is 44.2 Å². The van der Waals surface area contributed by atoms with E-state index in [-0.39, 0.29) is 28.0 Å². The van der Waals surface area contributed by atoms with Gasteiger partial charge in [-0.15, -0.1) is 0 Å². The van der Waals surface area contributed by atoms with Gasteiger partial charge in [0.1, 0.15) is 22.0 Å². The highest BCUT2D eigenvalue weighted by molar-refractivity contribution is 7.90. The maximum absolute atomic E-state index is 14.0. The van der Waals surface area contributed by atoms with Crippen LogP contribution < -0.4 is 19.7 Å². The Labute approximate surface area is 380 Å². The second kappa shape index (κ2) is 18.0. The zero-order chi connectivity index (χ0) is 45.5. The summed E-state index contributed by atoms with van der Waals surface area (Å²) in [5.41, 5.74) is 4.31. The van der Waals surface area contributed by atoms with Crippen molar-refractivity contribution in [3.05, 3.63) is 106 Å². The third-order valence-corrected chi connectivity index (χ3v) is 15.8. The number of piperidine rings is 1. The van der Waals surface area contributed by atoms with Gasteiger partial charge in [-0.25, -0.2) is 23.1 Å². The second-order valence-corrected chi connectivity index (χ2v) is 21.5. The molecular weight excluding hydrogens is 845 g/mol. The van der Waals surface area contributed by atoms with Gasteiger partial charge in [-0.1, -0.05) is 52.0 Å². The minimum Gasteiger partial charge on any atom is -0.455 e. The number of nitro groups is 1. The number of aromatic amines is 1. The zero-order valence-corrected chi connectivity index (χ0v) is 38.5. The van der Waals surface area contributed by atoms with Crippen LogP contribution in [0.2, 0.25) is 0 Å². The van der Waals surface area contributed by atoms with E-state index in [1.54, 1.807) is 24.4 Å². The molecule has 9 rings (SSSR count). The molecule has 3 aliphatic heterocycles. The number of carbonyl (C=O) groups is 1. The maximum Gasteiger partial charge on any atom is 0.312 e. The van der Waals surface area contributed by atoms with Crippen molar-refractivity contribution in [2.45, 2.75) is 95.4 Å². The lowest BCUT2D eigenvalue weighted by Crippen LogP contribution is -2.64. The van der Waals surface area contributed by atoms with Gasteiger partial charge in [0.15, 0.2) is 0 Å². The molecule has 2 atom stereocenters. The lowest BCUT2D eigenvalue weighted by molar-refractivity contribution is -0.384. The van der Waals surface area contributed by atoms with Crippen LogP contribution in [0.1, 0.15) is 106 Å². The number of hydrogen-bond acceptors (Lipinski definition) is 12. The van der Waals surface area contributed by atoms with Crippen LogP contribution in [0.4, 0.5) is 17.2 Å². The fourth-order valence-corrected chi connectivity index (χ4v) is 11.4. The summed E-state index contributed by atoms with van der Waals surface area (Å²) < 4.78 is 42.0. The molecule has 344 valence electrons. The number of H-pyrrole nitrogens is 1. The average molecular weight is 905 g/mol. The molecule has 5 aromatic rings. The van der Waals surface area contributed by atoms with Crippen molar-refractivity contribution in [3.63, 3.8) is 0 Å². The van der Waals surface area contributed by atoms with Gasteiger partial charge in [0.05, 0.1) is 29.5 Å². The quantitative estimate of drug-likeness (QED) is 0.0754. The van der Waals surface area contributed by atoms with Gasteiger partial charge >= 0.3 is 5.69 Å². The molecule has 1 unspecified atom stereocenters. The molecule has 1 aliphatic carbocycles. The van der Waals surface area contributed by atoms with Crippen molar-refractivity contribution in [2.24, 2.45) is 16.7 Å². The van der Waals surface area contributed by atoms with Crippen molar-refractivity contribution in [1.29, 1.82) is 0 Å². The summed E-state index contributed by atoms with van der Waals surface area (Å²) in [6.45, 7) is 14.8. The summed E-state index contributed by atoms with van der Waals surface area (Å²) in [7, 11) is -4.61. The van der Waals surface area contributed by atoms with E-state index in [2.05, 4.69) is 86.8 Å². The summed E-state index contributed by atoms with van der Waals surface area (Å²) in [5, 5.41) is 16.0. The Balaban J connectivity index is 0.898. The molecule has 4 fully saturated rings. The average Bonchev–Trinajstić information content (AvgIpc) is 3.76. The van der Waals surface area contributed by atoms with Gasteiger partial charge in [0.25, 0.3) is 15.9 Å². The Morgan fingerprint density at radius 2 is 1.77 bits per heavy atom. The number of rotatable bonds is 13. The van der Waals surface area contributed by atoms with E-state index in [4.69, 9.17) is 9.47 Å². The molecule has 15 nitrogen and oxygen atoms in total. The first kappa shape index (κ1) is 44.6. The minimum absolute atomic E-state index is 0.0149. The molecule has 65 heavy (non-hydrogen) atoms. The number of hydrogen-bond donors (Lipinski definition) is 3. The molecule has 2 aromatic carbocycles. The predicted molar refractivity (Wildman–Crippen MR) is 250 cm³/mol. The Morgan fingerprint density at radius 3 is 2.52 bits per heavy atom. The number of sulfonamides is 1. The van der Waals surface area contributed by atoms with E-state index >= 15 is 0 Å². The smallest absolute Gasteiger partial charge is 0.312 e. The number of ether oxygens (including phenoxy) is 2. The first-order valence-electron chi connectivity index (χ1n) is 23.0. The van der Waals surface area contributed by atoms with E-state index in [0.29, 0.717) is 41.7 Å². The summed E-state index contributed by atoms with van der Waals surface area (Å²) >= 11 is 0. The van der Waals surface area contributed by atoms with Crippen molar-refractivity contribution < 1.29 is 27.6 Å². The van der Waals surface area contributed by atoms with Crippen LogP contribution in [-0.2, 0) is 14.8 Å². The number of likely N-dealkylation sites (tertiary alicyclic amines) is 1. The van der Waals surface area contributed by atoms with Gasteiger partial charge in [-0.2, -0.15) is 0 Å². The molecule has 1 spiro atoms. The van der Waals surface area contributed by atoms with Crippen LogP contribution in [-0.4, -0.2) is 91.1 Å². The fraction of sp³-hybridized carbons (Fsp3) is 0.490. The summed E-state index contributed by atoms with van der Waals surface area (Å²) in [6.07, 6.45) is 11.5. The van der Waals surface area contributed by atoms with Crippen LogP contribution in [0.15, 0.2) is 84.1 Å². The lowest BCUT2D eigenvalue weighted by Gasteiger charge is -2.58. The number of nitrogens with one attached hydrogen (secondary N) is 3. The molecule has 3 aromatic heterocycles. The zero-order valence-electron chi connectivity index (χ0n) is 37.7. The molecule has 6 heterocycles. The van der Waals surface area contributed by atoms with Gasteiger partial charge in [0, 0.05) is 80.7 Å². The lowest BCUT2D eigenvalue weighted by atomic mass is 9.69. The standard InChI is InChI=1S/C49H60N8O7S/c1-32(2)38-7-5-6-8-39(38)41-29-63-22-14-42(41)56-30-49(31-56)17-20-55(21-18-49)35-9-10-40(44(24-35)64-36-23-34-13-19-50-45(34)52-27-36)47(58)54-65(61,62)37-25-43(57(59)60)46(53-28-37)51-26-33-11-15-48(3,4)16-12-33/h5-10,13,19,23-25,27-28,32-33,41-42H,11-12,14-18,20-22,26,29-31H2,1-4H3,(H,50,52)(H,51,53)(H,54,58)/t41-,42?/m0/s1. The number of anilines is 2. The van der Waals surface area contributed by atoms with Crippen LogP contribution in [0, 0.1) is 26.9 Å². The maximum atomic E-state index is 14.0. The van der Waals surface area contributed by atoms with Crippen molar-refractivity contribution in [3.8, 4) is 11.5 Å². The predicted octanol–water partition coefficient (Wildman–Crippen LogP) is 9.00. The Hall–Kier alpha value is -5.58. The Kier molecular flexibility index (Phi) is 12.4. The summed E-state index contributed by atoms with van der Waals surface area (Å²) in [5.74, 6) is 0.649. The van der Waals surface area contributed by atoms with Crippen molar-refractivity contribution in [1.82, 2.24) is 24.6 Å². The van der Waals surface area contributed by atoms with Crippen LogP contribution in [0.3, 0.4) is 0 Å². The Bertz CT molecular complexity index is 2660. The minimum atomic E-state index is -4.61. The number of pyridine rings is 2. The summed E-state index contributed by atoms with van der Waals surface area (Å²) in [4.78, 5) is 41.6. The highest BCUT2D eigenvalue weighted by Gasteiger charge is 2.49. The number of nitrogens with zero attached hydrogens (tertiary/aromatic N) is 5. The highest BCUT2D eigenvalue weighted by atomic mass is 32.2. The normalized spacial score (nSPS) is 21.3. The highest BCUT2D eigenvalue weighted by Crippen LogP contribution is 2.47. The third kappa shape index (κ3) is 9.57. The van der Waals surface area contributed by atoms with Crippen LogP contribution >= 0.6 is 0 Å². The van der Waals surface area contributed by atoms with Crippen molar-refractivity contribution in [2.75, 3.05) is 56.2 Å². The number of amides is 1. The first-order valence-corrected chi connectivity index (χ1v) is 24.5. The largest absolute Gasteiger partial charge is 0.455 e. The van der Waals surface area contributed by atoms with E-state index in [1.165, 1.54) is 17.3 Å². The first-order chi connectivity index (χ1) is 31.2. The van der Waals surface area contributed by atoms with Crippen LogP contribution in [0.25, 0.3) is 11.0 Å². The van der Waals surface area contributed by atoms with E-state index in [9.17, 15) is 23.3 Å². The summed E-state index contributed by atoms with van der Waals surface area (Å²) in [6, 6.07) is 19.0. The van der Waals surface area contributed by atoms with Gasteiger partial charge in [0.2, 0.25) is 5.82 Å². The number of fused-ring (bicyclic) bond motifs is 1. The Morgan fingerprint density at radius 1 is 1.00 bits per heavy atom. The van der Waals surface area contributed by atoms with Gasteiger partial charge in [-0.3, -0.25) is 19.8 Å². The van der Waals surface area contributed by atoms with E-state index < -0.39 is 31.4 Å². The second-order valence-electron chi connectivity index (χ2n) is 19.8. The molecule has 1 amide bonds.